The van der Waals surface area contributed by atoms with Crippen molar-refractivity contribution >= 4 is 17.6 Å². The van der Waals surface area contributed by atoms with Gasteiger partial charge in [0.2, 0.25) is 5.91 Å². The van der Waals surface area contributed by atoms with Gasteiger partial charge in [-0.2, -0.15) is 0 Å². The smallest absolute Gasteiger partial charge is 0.251 e. The lowest BCUT2D eigenvalue weighted by atomic mass is 10.1. The van der Waals surface area contributed by atoms with Crippen LogP contribution in [0.15, 0.2) is 48.7 Å². The average molecular weight is 297 g/mol. The van der Waals surface area contributed by atoms with Crippen LogP contribution in [0.3, 0.4) is 0 Å². The van der Waals surface area contributed by atoms with Gasteiger partial charge in [0.15, 0.2) is 0 Å². The van der Waals surface area contributed by atoms with Gasteiger partial charge in [0.1, 0.15) is 5.82 Å². The molecule has 2 aromatic rings. The number of amides is 2. The minimum absolute atomic E-state index is 0.0912. The van der Waals surface area contributed by atoms with E-state index >= 15 is 0 Å². The Kier molecular flexibility index (Phi) is 5.65. The molecule has 1 aromatic carbocycles. The van der Waals surface area contributed by atoms with Crippen LogP contribution in [0.25, 0.3) is 0 Å². The highest BCUT2D eigenvalue weighted by atomic mass is 16.2. The quantitative estimate of drug-likeness (QED) is 0.860. The van der Waals surface area contributed by atoms with E-state index in [0.29, 0.717) is 11.4 Å². The number of aryl methyl sites for hydroxylation is 1. The van der Waals surface area contributed by atoms with Crippen molar-refractivity contribution < 1.29 is 9.59 Å². The molecule has 0 radical (unpaired) electrons. The summed E-state index contributed by atoms with van der Waals surface area (Å²) in [5.41, 5.74) is 1.75. The van der Waals surface area contributed by atoms with Crippen LogP contribution in [-0.4, -0.2) is 23.3 Å². The Hall–Kier alpha value is -2.69. The van der Waals surface area contributed by atoms with Crippen LogP contribution in [0.1, 0.15) is 29.3 Å². The number of hydrogen-bond donors (Lipinski definition) is 2. The Labute approximate surface area is 129 Å². The van der Waals surface area contributed by atoms with E-state index in [1.165, 1.54) is 5.56 Å². The first kappa shape index (κ1) is 15.7. The maximum atomic E-state index is 12.0. The number of pyridine rings is 1. The molecule has 0 atom stereocenters. The lowest BCUT2D eigenvalue weighted by Crippen LogP contribution is -2.33. The summed E-state index contributed by atoms with van der Waals surface area (Å²) in [5.74, 6) is -0.112. The molecule has 2 rings (SSSR count). The number of nitrogens with one attached hydrogen (secondary N) is 2. The molecule has 0 bridgehead atoms. The number of carbonyl (C=O) groups excluding carboxylic acids is 2. The van der Waals surface area contributed by atoms with Crippen molar-refractivity contribution in [1.29, 1.82) is 0 Å². The minimum Gasteiger partial charge on any atom is -0.343 e. The highest BCUT2D eigenvalue weighted by Crippen LogP contribution is 2.06. The van der Waals surface area contributed by atoms with Crippen molar-refractivity contribution in [2.24, 2.45) is 0 Å². The first-order valence-corrected chi connectivity index (χ1v) is 7.27. The summed E-state index contributed by atoms with van der Waals surface area (Å²) in [5, 5.41) is 5.20. The number of rotatable bonds is 6. The standard InChI is InChI=1S/C17H19N3O2/c1-2-5-13-7-9-14(10-8-13)17(22)19-12-16(21)20-15-6-3-4-11-18-15/h3-4,6-11H,2,5,12H2,1H3,(H,19,22)(H,18,20,21). The number of aromatic nitrogens is 1. The van der Waals surface area contributed by atoms with Crippen LogP contribution >= 0.6 is 0 Å². The number of benzene rings is 1. The maximum Gasteiger partial charge on any atom is 0.251 e. The second kappa shape index (κ2) is 7.93. The molecular weight excluding hydrogens is 278 g/mol. The SMILES string of the molecule is CCCc1ccc(C(=O)NCC(=O)Nc2ccccn2)cc1. The van der Waals surface area contributed by atoms with E-state index in [2.05, 4.69) is 22.5 Å². The molecule has 2 amide bonds. The van der Waals surface area contributed by atoms with Gasteiger partial charge < -0.3 is 10.6 Å². The summed E-state index contributed by atoms with van der Waals surface area (Å²) in [7, 11) is 0. The van der Waals surface area contributed by atoms with E-state index in [0.717, 1.165) is 12.8 Å². The first-order valence-electron chi connectivity index (χ1n) is 7.27. The summed E-state index contributed by atoms with van der Waals surface area (Å²) >= 11 is 0. The number of carbonyl (C=O) groups is 2. The van der Waals surface area contributed by atoms with Crippen LogP contribution in [0.5, 0.6) is 0 Å². The number of nitrogens with zero attached hydrogens (tertiary/aromatic N) is 1. The molecule has 1 aromatic heterocycles. The molecule has 0 aliphatic carbocycles. The van der Waals surface area contributed by atoms with E-state index in [4.69, 9.17) is 0 Å². The van der Waals surface area contributed by atoms with E-state index in [1.807, 2.05) is 12.1 Å². The lowest BCUT2D eigenvalue weighted by molar-refractivity contribution is -0.115. The molecule has 0 saturated carbocycles. The van der Waals surface area contributed by atoms with Gasteiger partial charge in [-0.05, 0) is 36.2 Å². The number of anilines is 1. The van der Waals surface area contributed by atoms with E-state index < -0.39 is 0 Å². The van der Waals surface area contributed by atoms with Gasteiger partial charge in [-0.25, -0.2) is 4.98 Å². The van der Waals surface area contributed by atoms with Gasteiger partial charge in [-0.1, -0.05) is 31.5 Å². The zero-order chi connectivity index (χ0) is 15.8. The molecule has 0 aliphatic rings. The predicted octanol–water partition coefficient (Wildman–Crippen LogP) is 2.40. The van der Waals surface area contributed by atoms with Crippen molar-refractivity contribution in [3.63, 3.8) is 0 Å². The van der Waals surface area contributed by atoms with Crippen molar-refractivity contribution in [2.45, 2.75) is 19.8 Å². The highest BCUT2D eigenvalue weighted by Gasteiger charge is 2.08. The summed E-state index contributed by atoms with van der Waals surface area (Å²) in [6, 6.07) is 12.7. The Morgan fingerprint density at radius 1 is 1.09 bits per heavy atom. The van der Waals surface area contributed by atoms with Crippen molar-refractivity contribution in [3.8, 4) is 0 Å². The molecular formula is C17H19N3O2. The van der Waals surface area contributed by atoms with Crippen LogP contribution < -0.4 is 10.6 Å². The zero-order valence-corrected chi connectivity index (χ0v) is 12.5. The van der Waals surface area contributed by atoms with Gasteiger partial charge in [0.25, 0.3) is 5.91 Å². The maximum absolute atomic E-state index is 12.0. The lowest BCUT2D eigenvalue weighted by Gasteiger charge is -2.07. The summed E-state index contributed by atoms with van der Waals surface area (Å²) in [4.78, 5) is 27.7. The van der Waals surface area contributed by atoms with Crippen LogP contribution in [-0.2, 0) is 11.2 Å². The minimum atomic E-state index is -0.311. The molecule has 114 valence electrons. The third-order valence-corrected chi connectivity index (χ3v) is 3.10. The van der Waals surface area contributed by atoms with Gasteiger partial charge in [0, 0.05) is 11.8 Å². The summed E-state index contributed by atoms with van der Waals surface area (Å²) in [6.45, 7) is 2.02. The van der Waals surface area contributed by atoms with Gasteiger partial charge in [-0.15, -0.1) is 0 Å². The first-order chi connectivity index (χ1) is 10.7. The molecule has 0 aliphatic heterocycles. The Morgan fingerprint density at radius 2 is 1.86 bits per heavy atom. The van der Waals surface area contributed by atoms with Crippen LogP contribution in [0, 0.1) is 0 Å². The Morgan fingerprint density at radius 3 is 2.50 bits per heavy atom. The van der Waals surface area contributed by atoms with Gasteiger partial charge >= 0.3 is 0 Å². The van der Waals surface area contributed by atoms with E-state index in [9.17, 15) is 9.59 Å². The average Bonchev–Trinajstić information content (AvgIpc) is 2.54. The zero-order valence-electron chi connectivity index (χ0n) is 12.5. The second-order valence-corrected chi connectivity index (χ2v) is 4.89. The monoisotopic (exact) mass is 297 g/mol. The molecule has 0 unspecified atom stereocenters. The van der Waals surface area contributed by atoms with Crippen LogP contribution in [0.2, 0.25) is 0 Å². The third kappa shape index (κ3) is 4.70. The second-order valence-electron chi connectivity index (χ2n) is 4.89. The molecule has 0 spiro atoms. The largest absolute Gasteiger partial charge is 0.343 e. The molecule has 5 nitrogen and oxygen atoms in total. The molecule has 0 saturated heterocycles. The van der Waals surface area contributed by atoms with Gasteiger partial charge in [0.05, 0.1) is 6.54 Å². The molecule has 1 heterocycles. The number of hydrogen-bond acceptors (Lipinski definition) is 3. The van der Waals surface area contributed by atoms with Crippen molar-refractivity contribution in [3.05, 3.63) is 59.8 Å². The Bertz CT molecular complexity index is 624. The molecule has 5 heteroatoms. The van der Waals surface area contributed by atoms with Crippen LogP contribution in [0.4, 0.5) is 5.82 Å². The van der Waals surface area contributed by atoms with E-state index in [-0.39, 0.29) is 18.4 Å². The predicted molar refractivity (Wildman–Crippen MR) is 85.6 cm³/mol. The Balaban J connectivity index is 1.83. The molecule has 0 fully saturated rings. The van der Waals surface area contributed by atoms with Crippen molar-refractivity contribution in [1.82, 2.24) is 10.3 Å². The molecule has 2 N–H and O–H groups in total. The summed E-state index contributed by atoms with van der Waals surface area (Å²) in [6.07, 6.45) is 3.65. The summed E-state index contributed by atoms with van der Waals surface area (Å²) < 4.78 is 0. The third-order valence-electron chi connectivity index (χ3n) is 3.10. The van der Waals surface area contributed by atoms with Gasteiger partial charge in [-0.3, -0.25) is 9.59 Å². The fraction of sp³-hybridized carbons (Fsp3) is 0.235. The normalized spacial score (nSPS) is 10.0. The van der Waals surface area contributed by atoms with Crippen molar-refractivity contribution in [2.75, 3.05) is 11.9 Å². The molecule has 22 heavy (non-hydrogen) atoms. The fourth-order valence-corrected chi connectivity index (χ4v) is 2.00. The fourth-order valence-electron chi connectivity index (χ4n) is 2.00. The highest BCUT2D eigenvalue weighted by molar-refractivity contribution is 5.99. The topological polar surface area (TPSA) is 71.1 Å². The van der Waals surface area contributed by atoms with E-state index in [1.54, 1.807) is 36.5 Å².